The van der Waals surface area contributed by atoms with Crippen molar-refractivity contribution in [1.82, 2.24) is 0 Å². The molecule has 1 saturated heterocycles. The molecule has 0 aromatic rings. The fraction of sp³-hybridized carbons (Fsp3) is 0.500. The van der Waals surface area contributed by atoms with Crippen LogP contribution in [0.25, 0.3) is 0 Å². The maximum atomic E-state index is 10.5. The topological polar surface area (TPSA) is 81.4 Å². The van der Waals surface area contributed by atoms with Gasteiger partial charge in [0, 0.05) is 0 Å². The molecule has 1 aliphatic heterocycles. The molecule has 0 bridgehead atoms. The van der Waals surface area contributed by atoms with E-state index in [1.165, 1.54) is 0 Å². The molecule has 3 N–H and O–H groups in total. The molecule has 5 heteroatoms. The van der Waals surface area contributed by atoms with Crippen LogP contribution in [0, 0.1) is 5.41 Å². The molecule has 52 valence electrons. The molecule has 0 atom stereocenters. The minimum Gasteiger partial charge on any atom is -0.300 e. The summed E-state index contributed by atoms with van der Waals surface area (Å²) in [5.74, 6) is -0.826. The standard InChI is InChI=1S/C4H7NO3S/c5-3-1-9(7,8)2-4(3)6/h5,7-8H,1-2H2. The number of Topliss-reactive ketones (excluding diaryl/α,β-unsaturated/α-hetero) is 1. The number of rotatable bonds is 0. The van der Waals surface area contributed by atoms with E-state index in [1.54, 1.807) is 0 Å². The van der Waals surface area contributed by atoms with Gasteiger partial charge in [0.2, 0.25) is 0 Å². The normalized spacial score (nSPS) is 28.7. The Morgan fingerprint density at radius 1 is 1.44 bits per heavy atom. The molecule has 4 nitrogen and oxygen atoms in total. The maximum Gasteiger partial charge on any atom is 0.196 e. The van der Waals surface area contributed by atoms with E-state index in [0.29, 0.717) is 0 Å². The average Bonchev–Trinajstić information content (AvgIpc) is 1.79. The molecule has 1 fully saturated rings. The molecule has 1 aliphatic rings. The van der Waals surface area contributed by atoms with Gasteiger partial charge in [-0.25, -0.2) is 0 Å². The molecule has 0 aromatic carbocycles. The van der Waals surface area contributed by atoms with Crippen molar-refractivity contribution in [3.8, 4) is 0 Å². The van der Waals surface area contributed by atoms with E-state index in [9.17, 15) is 4.79 Å². The van der Waals surface area contributed by atoms with E-state index >= 15 is 0 Å². The number of hydrogen-bond donors (Lipinski definition) is 3. The van der Waals surface area contributed by atoms with Crippen molar-refractivity contribution in [2.24, 2.45) is 0 Å². The predicted octanol–water partition coefficient (Wildman–Crippen LogP) is 0.339. The third kappa shape index (κ3) is 1.29. The van der Waals surface area contributed by atoms with Crippen molar-refractivity contribution < 1.29 is 13.9 Å². The Morgan fingerprint density at radius 3 is 2.11 bits per heavy atom. The van der Waals surface area contributed by atoms with Gasteiger partial charge >= 0.3 is 0 Å². The van der Waals surface area contributed by atoms with E-state index in [-0.39, 0.29) is 17.2 Å². The summed E-state index contributed by atoms with van der Waals surface area (Å²) in [6, 6.07) is 0. The van der Waals surface area contributed by atoms with E-state index in [4.69, 9.17) is 14.5 Å². The second-order valence-corrected chi connectivity index (χ2v) is 4.17. The number of carbonyl (C=O) groups excluding carboxylic acids is 1. The van der Waals surface area contributed by atoms with Gasteiger partial charge in [-0.2, -0.15) is 10.6 Å². The second-order valence-electron chi connectivity index (χ2n) is 1.99. The largest absolute Gasteiger partial charge is 0.300 e. The van der Waals surface area contributed by atoms with Crippen molar-refractivity contribution in [1.29, 1.82) is 5.41 Å². The molecule has 0 aliphatic carbocycles. The summed E-state index contributed by atoms with van der Waals surface area (Å²) < 4.78 is 17.6. The van der Waals surface area contributed by atoms with Crippen LogP contribution in [0.15, 0.2) is 0 Å². The van der Waals surface area contributed by atoms with E-state index in [0.717, 1.165) is 0 Å². The van der Waals surface area contributed by atoms with Gasteiger partial charge in [-0.05, 0) is 0 Å². The van der Waals surface area contributed by atoms with Gasteiger partial charge in [-0.15, -0.1) is 0 Å². The lowest BCUT2D eigenvalue weighted by Gasteiger charge is -2.22. The highest BCUT2D eigenvalue weighted by molar-refractivity contribution is 8.26. The fourth-order valence-corrected chi connectivity index (χ4v) is 1.98. The van der Waals surface area contributed by atoms with E-state index < -0.39 is 16.4 Å². The van der Waals surface area contributed by atoms with Gasteiger partial charge in [0.15, 0.2) is 5.78 Å². The van der Waals surface area contributed by atoms with Crippen molar-refractivity contribution in [3.63, 3.8) is 0 Å². The van der Waals surface area contributed by atoms with Gasteiger partial charge in [0.1, 0.15) is 5.75 Å². The van der Waals surface area contributed by atoms with Crippen LogP contribution in [0.1, 0.15) is 0 Å². The summed E-state index contributed by atoms with van der Waals surface area (Å²) in [5, 5.41) is 6.86. The Bertz CT molecular complexity index is 159. The Kier molecular flexibility index (Phi) is 1.34. The minimum atomic E-state index is -2.72. The number of hydrogen-bond acceptors (Lipinski definition) is 4. The SMILES string of the molecule is N=C1CS(O)(O)CC1=O. The van der Waals surface area contributed by atoms with Crippen LogP contribution in [-0.4, -0.2) is 32.1 Å². The Balaban J connectivity index is 2.76. The van der Waals surface area contributed by atoms with Gasteiger partial charge in [0.05, 0.1) is 11.5 Å². The van der Waals surface area contributed by atoms with Crippen LogP contribution < -0.4 is 0 Å². The zero-order valence-electron chi connectivity index (χ0n) is 4.63. The molecular formula is C4H7NO3S. The summed E-state index contributed by atoms with van der Waals surface area (Å²) in [6.07, 6.45) is 0. The predicted molar refractivity (Wildman–Crippen MR) is 35.3 cm³/mol. The summed E-state index contributed by atoms with van der Waals surface area (Å²) in [7, 11) is -2.72. The summed E-state index contributed by atoms with van der Waals surface area (Å²) in [6.45, 7) is 0. The van der Waals surface area contributed by atoms with Crippen molar-refractivity contribution in [2.75, 3.05) is 11.5 Å². The highest BCUT2D eigenvalue weighted by atomic mass is 32.3. The van der Waals surface area contributed by atoms with Gasteiger partial charge in [0.25, 0.3) is 0 Å². The molecule has 0 saturated carbocycles. The van der Waals surface area contributed by atoms with Crippen LogP contribution in [0.4, 0.5) is 0 Å². The summed E-state index contributed by atoms with van der Waals surface area (Å²) >= 11 is 0. The molecule has 0 spiro atoms. The Morgan fingerprint density at radius 2 is 2.00 bits per heavy atom. The van der Waals surface area contributed by atoms with Crippen LogP contribution in [0.3, 0.4) is 0 Å². The lowest BCUT2D eigenvalue weighted by molar-refractivity contribution is -0.110. The average molecular weight is 149 g/mol. The molecule has 0 radical (unpaired) electrons. The zero-order valence-corrected chi connectivity index (χ0v) is 5.44. The molecular weight excluding hydrogens is 142 g/mol. The first-order valence-electron chi connectivity index (χ1n) is 2.35. The molecule has 0 unspecified atom stereocenters. The molecule has 0 aromatic heterocycles. The van der Waals surface area contributed by atoms with Crippen LogP contribution in [0.2, 0.25) is 0 Å². The highest BCUT2D eigenvalue weighted by Crippen LogP contribution is 2.42. The van der Waals surface area contributed by atoms with Gasteiger partial charge < -0.3 is 0 Å². The van der Waals surface area contributed by atoms with E-state index in [2.05, 4.69) is 0 Å². The van der Waals surface area contributed by atoms with Crippen LogP contribution in [-0.2, 0) is 4.79 Å². The van der Waals surface area contributed by atoms with Crippen molar-refractivity contribution in [3.05, 3.63) is 0 Å². The van der Waals surface area contributed by atoms with Gasteiger partial charge in [-0.3, -0.25) is 19.3 Å². The third-order valence-electron chi connectivity index (χ3n) is 1.07. The van der Waals surface area contributed by atoms with Crippen LogP contribution >= 0.6 is 10.6 Å². The second kappa shape index (κ2) is 1.80. The molecule has 9 heavy (non-hydrogen) atoms. The number of carbonyl (C=O) groups is 1. The first-order chi connectivity index (χ1) is 4.01. The third-order valence-corrected chi connectivity index (χ3v) is 2.55. The van der Waals surface area contributed by atoms with Gasteiger partial charge in [-0.1, -0.05) is 0 Å². The Labute approximate surface area is 53.7 Å². The minimum absolute atomic E-state index is 0.147. The van der Waals surface area contributed by atoms with E-state index in [1.807, 2.05) is 0 Å². The summed E-state index contributed by atoms with van der Waals surface area (Å²) in [5.41, 5.74) is -0.157. The first-order valence-corrected chi connectivity index (χ1v) is 4.24. The van der Waals surface area contributed by atoms with Crippen molar-refractivity contribution in [2.45, 2.75) is 0 Å². The highest BCUT2D eigenvalue weighted by Gasteiger charge is 2.30. The number of ketones is 1. The molecule has 0 amide bonds. The molecule has 1 rings (SSSR count). The zero-order chi connectivity index (χ0) is 7.07. The maximum absolute atomic E-state index is 10.5. The lowest BCUT2D eigenvalue weighted by Crippen LogP contribution is -2.06. The monoisotopic (exact) mass is 149 g/mol. The lowest BCUT2D eigenvalue weighted by atomic mass is 10.3. The Hall–Kier alpha value is -0.390. The first kappa shape index (κ1) is 6.73. The summed E-state index contributed by atoms with van der Waals surface area (Å²) in [4.78, 5) is 10.5. The van der Waals surface area contributed by atoms with Crippen molar-refractivity contribution >= 4 is 22.1 Å². The molecule has 1 heterocycles. The number of nitrogens with one attached hydrogen (secondary N) is 1. The fourth-order valence-electron chi connectivity index (χ4n) is 0.660. The van der Waals surface area contributed by atoms with Crippen LogP contribution in [0.5, 0.6) is 0 Å². The smallest absolute Gasteiger partial charge is 0.196 e. The quantitative estimate of drug-likeness (QED) is 0.464.